The highest BCUT2D eigenvalue weighted by Gasteiger charge is 2.19. The summed E-state index contributed by atoms with van der Waals surface area (Å²) in [7, 11) is 1.49. The van der Waals surface area contributed by atoms with Gasteiger partial charge in [0.1, 0.15) is 6.54 Å². The molecule has 1 amide bonds. The Kier molecular flexibility index (Phi) is 3.95. The molecule has 1 aromatic heterocycles. The number of hydrogen-bond acceptors (Lipinski definition) is 5. The number of carbonyl (C=O) groups excluding carboxylic acids is 1. The van der Waals surface area contributed by atoms with Crippen LogP contribution in [0, 0.1) is 0 Å². The summed E-state index contributed by atoms with van der Waals surface area (Å²) in [6, 6.07) is 0. The molecule has 0 fully saturated rings. The quantitative estimate of drug-likeness (QED) is 0.621. The molecule has 8 nitrogen and oxygen atoms in total. The standard InChI is InChI=1S/C8H12N4O4/c1-16-3-2-5-7(8(14)15)10-11-12(5)4-6(9)13/h2-4H2,1H3,(H2,9,13)(H,14,15). The predicted molar refractivity (Wildman–Crippen MR) is 51.8 cm³/mol. The molecular weight excluding hydrogens is 216 g/mol. The number of amides is 1. The highest BCUT2D eigenvalue weighted by Crippen LogP contribution is 2.06. The van der Waals surface area contributed by atoms with Gasteiger partial charge in [0.2, 0.25) is 5.91 Å². The van der Waals surface area contributed by atoms with Gasteiger partial charge in [0.15, 0.2) is 5.69 Å². The maximum absolute atomic E-state index is 10.8. The van der Waals surface area contributed by atoms with E-state index in [2.05, 4.69) is 10.3 Å². The van der Waals surface area contributed by atoms with Crippen molar-refractivity contribution in [1.29, 1.82) is 0 Å². The Balaban J connectivity index is 2.98. The first-order chi connectivity index (χ1) is 7.56. The molecule has 3 N–H and O–H groups in total. The van der Waals surface area contributed by atoms with Gasteiger partial charge >= 0.3 is 5.97 Å². The number of ether oxygens (including phenoxy) is 1. The lowest BCUT2D eigenvalue weighted by Gasteiger charge is -2.04. The lowest BCUT2D eigenvalue weighted by Crippen LogP contribution is -2.22. The molecule has 0 aliphatic carbocycles. The number of aromatic nitrogens is 3. The second-order valence-electron chi connectivity index (χ2n) is 3.06. The van der Waals surface area contributed by atoms with E-state index in [1.807, 2.05) is 0 Å². The molecule has 0 bridgehead atoms. The Morgan fingerprint density at radius 2 is 2.25 bits per heavy atom. The van der Waals surface area contributed by atoms with Crippen LogP contribution in [0.1, 0.15) is 16.2 Å². The molecule has 1 heterocycles. The Morgan fingerprint density at radius 3 is 2.75 bits per heavy atom. The molecule has 0 aliphatic heterocycles. The summed E-state index contributed by atoms with van der Waals surface area (Å²) in [6.45, 7) is 0.117. The van der Waals surface area contributed by atoms with Crippen molar-refractivity contribution in [3.05, 3.63) is 11.4 Å². The first-order valence-corrected chi connectivity index (χ1v) is 4.49. The van der Waals surface area contributed by atoms with E-state index in [-0.39, 0.29) is 12.2 Å². The van der Waals surface area contributed by atoms with Crippen LogP contribution in [0.3, 0.4) is 0 Å². The molecule has 0 saturated heterocycles. The minimum Gasteiger partial charge on any atom is -0.476 e. The third-order valence-corrected chi connectivity index (χ3v) is 1.89. The third-order valence-electron chi connectivity index (χ3n) is 1.89. The maximum Gasteiger partial charge on any atom is 0.358 e. The lowest BCUT2D eigenvalue weighted by molar-refractivity contribution is -0.118. The van der Waals surface area contributed by atoms with Crippen molar-refractivity contribution in [2.45, 2.75) is 13.0 Å². The Morgan fingerprint density at radius 1 is 1.56 bits per heavy atom. The fraction of sp³-hybridized carbons (Fsp3) is 0.500. The molecule has 0 saturated carbocycles. The number of carbonyl (C=O) groups is 2. The van der Waals surface area contributed by atoms with E-state index in [9.17, 15) is 9.59 Å². The van der Waals surface area contributed by atoms with Gasteiger partial charge < -0.3 is 15.6 Å². The van der Waals surface area contributed by atoms with Gasteiger partial charge in [-0.15, -0.1) is 5.10 Å². The van der Waals surface area contributed by atoms with Gasteiger partial charge in [0, 0.05) is 13.5 Å². The van der Waals surface area contributed by atoms with Crippen molar-refractivity contribution in [1.82, 2.24) is 15.0 Å². The van der Waals surface area contributed by atoms with Crippen LogP contribution in [-0.2, 0) is 22.5 Å². The smallest absolute Gasteiger partial charge is 0.358 e. The zero-order chi connectivity index (χ0) is 12.1. The zero-order valence-electron chi connectivity index (χ0n) is 8.71. The van der Waals surface area contributed by atoms with Crippen molar-refractivity contribution in [2.75, 3.05) is 13.7 Å². The molecular formula is C8H12N4O4. The molecule has 88 valence electrons. The summed E-state index contributed by atoms with van der Waals surface area (Å²) < 4.78 is 6.00. The number of hydrogen-bond donors (Lipinski definition) is 2. The largest absolute Gasteiger partial charge is 0.476 e. The first-order valence-electron chi connectivity index (χ1n) is 4.49. The van der Waals surface area contributed by atoms with E-state index >= 15 is 0 Å². The van der Waals surface area contributed by atoms with Crippen molar-refractivity contribution in [3.63, 3.8) is 0 Å². The monoisotopic (exact) mass is 228 g/mol. The SMILES string of the molecule is COCCc1c(C(=O)O)nnn1CC(N)=O. The summed E-state index contributed by atoms with van der Waals surface area (Å²) in [4.78, 5) is 21.5. The number of rotatable bonds is 6. The second kappa shape index (κ2) is 5.21. The van der Waals surface area contributed by atoms with Crippen molar-refractivity contribution in [2.24, 2.45) is 5.73 Å². The molecule has 0 atom stereocenters. The minimum atomic E-state index is -1.19. The van der Waals surface area contributed by atoms with Crippen molar-refractivity contribution < 1.29 is 19.4 Å². The molecule has 1 aromatic rings. The molecule has 0 radical (unpaired) electrons. The van der Waals surface area contributed by atoms with Gasteiger partial charge in [-0.25, -0.2) is 9.48 Å². The van der Waals surface area contributed by atoms with Gasteiger partial charge in [-0.05, 0) is 0 Å². The fourth-order valence-electron chi connectivity index (χ4n) is 1.22. The summed E-state index contributed by atoms with van der Waals surface area (Å²) in [5, 5.41) is 15.9. The highest BCUT2D eigenvalue weighted by molar-refractivity contribution is 5.86. The number of nitrogens with two attached hydrogens (primary N) is 1. The molecule has 8 heteroatoms. The molecule has 0 aliphatic rings. The number of methoxy groups -OCH3 is 1. The average Bonchev–Trinajstić information content (AvgIpc) is 2.57. The molecule has 0 spiro atoms. The Hall–Kier alpha value is -1.96. The van der Waals surface area contributed by atoms with E-state index in [0.717, 1.165) is 0 Å². The molecule has 0 unspecified atom stereocenters. The minimum absolute atomic E-state index is 0.182. The van der Waals surface area contributed by atoms with E-state index in [1.165, 1.54) is 11.8 Å². The summed E-state index contributed by atoms with van der Waals surface area (Å²) in [5.74, 6) is -1.80. The number of carboxylic acid groups (broad SMARTS) is 1. The predicted octanol–water partition coefficient (Wildman–Crippen LogP) is -1.35. The van der Waals surface area contributed by atoms with E-state index in [1.54, 1.807) is 0 Å². The normalized spacial score (nSPS) is 10.3. The summed E-state index contributed by atoms with van der Waals surface area (Å²) in [6.07, 6.45) is 0.304. The Bertz CT molecular complexity index is 401. The van der Waals surface area contributed by atoms with Crippen LogP contribution in [0.25, 0.3) is 0 Å². The maximum atomic E-state index is 10.8. The molecule has 16 heavy (non-hydrogen) atoms. The van der Waals surface area contributed by atoms with Crippen molar-refractivity contribution >= 4 is 11.9 Å². The van der Waals surface area contributed by atoms with Gasteiger partial charge in [0.05, 0.1) is 12.3 Å². The summed E-state index contributed by atoms with van der Waals surface area (Å²) in [5.41, 5.74) is 5.15. The van der Waals surface area contributed by atoms with Crippen LogP contribution in [-0.4, -0.2) is 45.7 Å². The third kappa shape index (κ3) is 2.76. The van der Waals surface area contributed by atoms with Crippen LogP contribution < -0.4 is 5.73 Å². The van der Waals surface area contributed by atoms with Crippen molar-refractivity contribution in [3.8, 4) is 0 Å². The van der Waals surface area contributed by atoms with Crippen LogP contribution in [0.15, 0.2) is 0 Å². The first kappa shape index (κ1) is 12.1. The highest BCUT2D eigenvalue weighted by atomic mass is 16.5. The topological polar surface area (TPSA) is 120 Å². The molecule has 0 aromatic carbocycles. The van der Waals surface area contributed by atoms with Gasteiger partial charge in [-0.1, -0.05) is 5.21 Å². The average molecular weight is 228 g/mol. The number of carboxylic acids is 1. The zero-order valence-corrected chi connectivity index (χ0v) is 8.71. The number of nitrogens with zero attached hydrogens (tertiary/aromatic N) is 3. The fourth-order valence-corrected chi connectivity index (χ4v) is 1.22. The summed E-state index contributed by atoms with van der Waals surface area (Å²) >= 11 is 0. The van der Waals surface area contributed by atoms with Gasteiger partial charge in [0.25, 0.3) is 0 Å². The van der Waals surface area contributed by atoms with E-state index < -0.39 is 11.9 Å². The van der Waals surface area contributed by atoms with Gasteiger partial charge in [-0.3, -0.25) is 4.79 Å². The molecule has 1 rings (SSSR count). The number of primary amides is 1. The van der Waals surface area contributed by atoms with Crippen LogP contribution in [0.5, 0.6) is 0 Å². The van der Waals surface area contributed by atoms with E-state index in [0.29, 0.717) is 18.7 Å². The second-order valence-corrected chi connectivity index (χ2v) is 3.06. The van der Waals surface area contributed by atoms with Crippen LogP contribution >= 0.6 is 0 Å². The van der Waals surface area contributed by atoms with Crippen LogP contribution in [0.2, 0.25) is 0 Å². The lowest BCUT2D eigenvalue weighted by atomic mass is 10.2. The van der Waals surface area contributed by atoms with Gasteiger partial charge in [-0.2, -0.15) is 0 Å². The van der Waals surface area contributed by atoms with E-state index in [4.69, 9.17) is 15.6 Å². The van der Waals surface area contributed by atoms with Crippen LogP contribution in [0.4, 0.5) is 0 Å². The Labute approximate surface area is 91.0 Å². The number of aromatic carboxylic acids is 1.